The van der Waals surface area contributed by atoms with E-state index in [0.29, 0.717) is 5.92 Å². The standard InChI is InChI=1S/C12H17N5S2/c1-18-10-8(15-12-13-5-6-14-12)11(19-2)17-9(16-10)7-3-4-7/h7H,3-6H2,1-2H3,(H2,13,14,15). The van der Waals surface area contributed by atoms with Crippen molar-refractivity contribution >= 4 is 35.2 Å². The number of thioether (sulfide) groups is 2. The lowest BCUT2D eigenvalue weighted by molar-refractivity contribution is 0.837. The molecule has 5 nitrogen and oxygen atoms in total. The molecule has 2 heterocycles. The summed E-state index contributed by atoms with van der Waals surface area (Å²) in [5.41, 5.74) is 0.984. The van der Waals surface area contributed by atoms with Gasteiger partial charge in [0.15, 0.2) is 5.96 Å². The van der Waals surface area contributed by atoms with Crippen molar-refractivity contribution in [3.63, 3.8) is 0 Å². The summed E-state index contributed by atoms with van der Waals surface area (Å²) in [4.78, 5) is 13.8. The van der Waals surface area contributed by atoms with Crippen LogP contribution in [-0.4, -0.2) is 41.5 Å². The van der Waals surface area contributed by atoms with Crippen LogP contribution in [0.15, 0.2) is 15.0 Å². The Balaban J connectivity index is 1.95. The van der Waals surface area contributed by atoms with E-state index < -0.39 is 0 Å². The highest BCUT2D eigenvalue weighted by Crippen LogP contribution is 2.41. The zero-order valence-corrected chi connectivity index (χ0v) is 12.7. The molecule has 2 N–H and O–H groups in total. The summed E-state index contributed by atoms with van der Waals surface area (Å²) >= 11 is 3.32. The van der Waals surface area contributed by atoms with E-state index in [1.165, 1.54) is 12.8 Å². The normalized spacial score (nSPS) is 18.1. The predicted molar refractivity (Wildman–Crippen MR) is 81.5 cm³/mol. The number of nitrogens with zero attached hydrogens (tertiary/aromatic N) is 3. The van der Waals surface area contributed by atoms with Gasteiger partial charge in [-0.25, -0.2) is 9.97 Å². The van der Waals surface area contributed by atoms with Gasteiger partial charge in [0, 0.05) is 12.5 Å². The van der Waals surface area contributed by atoms with E-state index in [0.717, 1.165) is 40.6 Å². The zero-order valence-electron chi connectivity index (χ0n) is 11.1. The second-order valence-corrected chi connectivity index (χ2v) is 6.12. The largest absolute Gasteiger partial charge is 0.354 e. The summed E-state index contributed by atoms with van der Waals surface area (Å²) in [6.07, 6.45) is 6.56. The molecule has 7 heteroatoms. The number of rotatable bonds is 4. The van der Waals surface area contributed by atoms with Gasteiger partial charge in [0.25, 0.3) is 0 Å². The summed E-state index contributed by atoms with van der Waals surface area (Å²) < 4.78 is 0. The number of hydrogen-bond donors (Lipinski definition) is 2. The summed E-state index contributed by atoms with van der Waals surface area (Å²) in [6, 6.07) is 0. The number of aliphatic imine (C=N–C) groups is 1. The molecule has 1 aromatic heterocycles. The topological polar surface area (TPSA) is 62.2 Å². The fourth-order valence-electron chi connectivity index (χ4n) is 1.96. The maximum Gasteiger partial charge on any atom is 0.196 e. The first-order valence-electron chi connectivity index (χ1n) is 6.37. The highest BCUT2D eigenvalue weighted by Gasteiger charge is 2.28. The third kappa shape index (κ3) is 2.81. The maximum absolute atomic E-state index is 4.70. The highest BCUT2D eigenvalue weighted by atomic mass is 32.2. The van der Waals surface area contributed by atoms with Crippen molar-refractivity contribution in [3.05, 3.63) is 5.82 Å². The Morgan fingerprint density at radius 3 is 2.32 bits per heavy atom. The molecule has 0 atom stereocenters. The first kappa shape index (κ1) is 13.1. The monoisotopic (exact) mass is 295 g/mol. The van der Waals surface area contributed by atoms with Gasteiger partial charge in [-0.15, -0.1) is 23.5 Å². The van der Waals surface area contributed by atoms with Crippen LogP contribution >= 0.6 is 23.5 Å². The molecule has 0 amide bonds. The molecular weight excluding hydrogens is 278 g/mol. The molecule has 0 bridgehead atoms. The quantitative estimate of drug-likeness (QED) is 0.656. The van der Waals surface area contributed by atoms with Gasteiger partial charge < -0.3 is 10.6 Å². The van der Waals surface area contributed by atoms with Crippen LogP contribution in [0.3, 0.4) is 0 Å². The highest BCUT2D eigenvalue weighted by molar-refractivity contribution is 7.99. The Hall–Kier alpha value is -0.950. The van der Waals surface area contributed by atoms with Crippen LogP contribution in [0.2, 0.25) is 0 Å². The molecule has 1 aromatic rings. The van der Waals surface area contributed by atoms with E-state index in [1.54, 1.807) is 23.5 Å². The number of nitrogens with one attached hydrogen (secondary N) is 2. The lowest BCUT2D eigenvalue weighted by Gasteiger charge is -2.14. The molecule has 3 rings (SSSR count). The van der Waals surface area contributed by atoms with E-state index in [4.69, 9.17) is 9.97 Å². The molecule has 19 heavy (non-hydrogen) atoms. The lowest BCUT2D eigenvalue weighted by atomic mass is 10.4. The Bertz CT molecular complexity index is 488. The molecule has 0 unspecified atom stereocenters. The fraction of sp³-hybridized carbons (Fsp3) is 0.583. The van der Waals surface area contributed by atoms with E-state index in [2.05, 4.69) is 28.1 Å². The van der Waals surface area contributed by atoms with E-state index in [1.807, 2.05) is 0 Å². The van der Waals surface area contributed by atoms with Crippen LogP contribution in [-0.2, 0) is 0 Å². The molecule has 102 valence electrons. The van der Waals surface area contributed by atoms with Crippen molar-refractivity contribution < 1.29 is 0 Å². The van der Waals surface area contributed by atoms with Crippen LogP contribution in [0.1, 0.15) is 24.6 Å². The van der Waals surface area contributed by atoms with Crippen LogP contribution in [0.5, 0.6) is 0 Å². The SMILES string of the molecule is CSc1nc(C2CC2)nc(SC)c1NC1=NCCN1. The van der Waals surface area contributed by atoms with Crippen molar-refractivity contribution in [2.45, 2.75) is 28.8 Å². The second-order valence-electron chi connectivity index (χ2n) is 4.53. The molecule has 0 spiro atoms. The zero-order chi connectivity index (χ0) is 13.2. The maximum atomic E-state index is 4.70. The fourth-order valence-corrected chi connectivity index (χ4v) is 3.10. The molecule has 0 saturated heterocycles. The second kappa shape index (κ2) is 5.58. The lowest BCUT2D eigenvalue weighted by Crippen LogP contribution is -2.27. The molecule has 1 saturated carbocycles. The van der Waals surface area contributed by atoms with Crippen molar-refractivity contribution in [1.29, 1.82) is 0 Å². The predicted octanol–water partition coefficient (Wildman–Crippen LogP) is 2.17. The van der Waals surface area contributed by atoms with Gasteiger partial charge in [0.05, 0.1) is 6.54 Å². The molecular formula is C12H17N5S2. The Labute approximate surface area is 121 Å². The Kier molecular flexibility index (Phi) is 3.83. The molecule has 0 radical (unpaired) electrons. The average molecular weight is 295 g/mol. The summed E-state index contributed by atoms with van der Waals surface area (Å²) in [6.45, 7) is 1.72. The minimum Gasteiger partial charge on any atom is -0.354 e. The third-order valence-corrected chi connectivity index (χ3v) is 4.47. The summed E-state index contributed by atoms with van der Waals surface area (Å²) in [5, 5.41) is 8.58. The van der Waals surface area contributed by atoms with Gasteiger partial charge in [-0.05, 0) is 25.4 Å². The summed E-state index contributed by atoms with van der Waals surface area (Å²) in [5.74, 6) is 2.40. The van der Waals surface area contributed by atoms with Crippen molar-refractivity contribution in [3.8, 4) is 0 Å². The van der Waals surface area contributed by atoms with Crippen molar-refractivity contribution in [1.82, 2.24) is 15.3 Å². The molecule has 2 aliphatic rings. The number of aromatic nitrogens is 2. The number of anilines is 1. The first-order chi connectivity index (χ1) is 9.31. The van der Waals surface area contributed by atoms with Crippen LogP contribution in [0, 0.1) is 0 Å². The van der Waals surface area contributed by atoms with E-state index in [9.17, 15) is 0 Å². The van der Waals surface area contributed by atoms with E-state index in [-0.39, 0.29) is 0 Å². The molecule has 1 aliphatic heterocycles. The van der Waals surface area contributed by atoms with Gasteiger partial charge in [-0.3, -0.25) is 4.99 Å². The van der Waals surface area contributed by atoms with Crippen molar-refractivity contribution in [2.24, 2.45) is 4.99 Å². The molecule has 1 aliphatic carbocycles. The minimum absolute atomic E-state index is 0.577. The minimum atomic E-state index is 0.577. The molecule has 1 fully saturated rings. The Morgan fingerprint density at radius 1 is 1.16 bits per heavy atom. The van der Waals surface area contributed by atoms with Gasteiger partial charge in [0.1, 0.15) is 21.6 Å². The van der Waals surface area contributed by atoms with Crippen LogP contribution < -0.4 is 10.6 Å². The van der Waals surface area contributed by atoms with Crippen LogP contribution in [0.25, 0.3) is 0 Å². The van der Waals surface area contributed by atoms with E-state index >= 15 is 0 Å². The summed E-state index contributed by atoms with van der Waals surface area (Å²) in [7, 11) is 0. The number of guanidine groups is 1. The first-order valence-corrected chi connectivity index (χ1v) is 8.82. The van der Waals surface area contributed by atoms with Gasteiger partial charge >= 0.3 is 0 Å². The average Bonchev–Trinajstić information content (AvgIpc) is 3.17. The molecule has 0 aromatic carbocycles. The van der Waals surface area contributed by atoms with Crippen LogP contribution in [0.4, 0.5) is 5.69 Å². The third-order valence-electron chi connectivity index (χ3n) is 3.11. The van der Waals surface area contributed by atoms with Gasteiger partial charge in [0.2, 0.25) is 0 Å². The Morgan fingerprint density at radius 2 is 1.84 bits per heavy atom. The van der Waals surface area contributed by atoms with Gasteiger partial charge in [-0.1, -0.05) is 0 Å². The number of hydrogen-bond acceptors (Lipinski definition) is 7. The van der Waals surface area contributed by atoms with Crippen molar-refractivity contribution in [2.75, 3.05) is 30.9 Å². The van der Waals surface area contributed by atoms with Gasteiger partial charge in [-0.2, -0.15) is 0 Å². The smallest absolute Gasteiger partial charge is 0.196 e.